The van der Waals surface area contributed by atoms with E-state index in [4.69, 9.17) is 17.3 Å². The van der Waals surface area contributed by atoms with Crippen LogP contribution in [0.15, 0.2) is 18.2 Å². The minimum atomic E-state index is -0.440. The lowest BCUT2D eigenvalue weighted by Crippen LogP contribution is -2.40. The Morgan fingerprint density at radius 1 is 1.41 bits per heavy atom. The lowest BCUT2D eigenvalue weighted by Gasteiger charge is -2.38. The first kappa shape index (κ1) is 12.8. The molecule has 1 aromatic carbocycles. The summed E-state index contributed by atoms with van der Waals surface area (Å²) in [6.07, 6.45) is 5.22. The molecular weight excluding hydrogens is 237 g/mol. The molecule has 1 aliphatic carbocycles. The highest BCUT2D eigenvalue weighted by Crippen LogP contribution is 2.41. The molecule has 1 nitrogen and oxygen atoms in total. The third-order valence-electron chi connectivity index (χ3n) is 4.04. The van der Waals surface area contributed by atoms with Gasteiger partial charge in [0, 0.05) is 10.6 Å². The SMILES string of the molecule is CCC1CCC(N)(c2cc(F)ccc2Cl)CC1. The van der Waals surface area contributed by atoms with Crippen LogP contribution in [-0.4, -0.2) is 0 Å². The van der Waals surface area contributed by atoms with Crippen molar-refractivity contribution in [3.63, 3.8) is 0 Å². The van der Waals surface area contributed by atoms with E-state index in [2.05, 4.69) is 6.92 Å². The van der Waals surface area contributed by atoms with Crippen LogP contribution >= 0.6 is 11.6 Å². The Bertz CT molecular complexity index is 397. The Labute approximate surface area is 107 Å². The first-order valence-electron chi connectivity index (χ1n) is 6.29. The van der Waals surface area contributed by atoms with Gasteiger partial charge in [-0.1, -0.05) is 24.9 Å². The molecule has 2 N–H and O–H groups in total. The van der Waals surface area contributed by atoms with Crippen molar-refractivity contribution >= 4 is 11.6 Å². The van der Waals surface area contributed by atoms with Gasteiger partial charge in [0.2, 0.25) is 0 Å². The van der Waals surface area contributed by atoms with Crippen LogP contribution in [0.25, 0.3) is 0 Å². The summed E-state index contributed by atoms with van der Waals surface area (Å²) in [4.78, 5) is 0. The Morgan fingerprint density at radius 2 is 2.06 bits per heavy atom. The summed E-state index contributed by atoms with van der Waals surface area (Å²) in [6, 6.07) is 4.48. The zero-order valence-corrected chi connectivity index (χ0v) is 10.9. The van der Waals surface area contributed by atoms with Crippen LogP contribution in [0.2, 0.25) is 5.02 Å². The Kier molecular flexibility index (Phi) is 3.74. The van der Waals surface area contributed by atoms with Crippen molar-refractivity contribution in [3.8, 4) is 0 Å². The van der Waals surface area contributed by atoms with Gasteiger partial charge in [-0.15, -0.1) is 0 Å². The lowest BCUT2D eigenvalue weighted by atomic mass is 9.73. The molecule has 0 aromatic heterocycles. The van der Waals surface area contributed by atoms with Crippen molar-refractivity contribution in [1.82, 2.24) is 0 Å². The second-order valence-electron chi connectivity index (χ2n) is 5.13. The number of rotatable bonds is 2. The molecule has 0 heterocycles. The van der Waals surface area contributed by atoms with Crippen molar-refractivity contribution in [3.05, 3.63) is 34.6 Å². The standard InChI is InChI=1S/C14H19ClFN/c1-2-10-5-7-14(17,8-6-10)12-9-11(16)3-4-13(12)15/h3-4,9-10H,2,5-8,17H2,1H3. The molecular formula is C14H19ClFN. The third kappa shape index (κ3) is 2.63. The van der Waals surface area contributed by atoms with E-state index in [9.17, 15) is 4.39 Å². The van der Waals surface area contributed by atoms with Crippen LogP contribution in [0.1, 0.15) is 44.6 Å². The fourth-order valence-corrected chi connectivity index (χ4v) is 3.06. The van der Waals surface area contributed by atoms with Gasteiger partial charge in [-0.25, -0.2) is 4.39 Å². The zero-order valence-electron chi connectivity index (χ0n) is 10.2. The molecule has 17 heavy (non-hydrogen) atoms. The molecule has 0 saturated heterocycles. The normalized spacial score (nSPS) is 29.3. The summed E-state index contributed by atoms with van der Waals surface area (Å²) in [5.41, 5.74) is 6.75. The highest BCUT2D eigenvalue weighted by atomic mass is 35.5. The average molecular weight is 256 g/mol. The van der Waals surface area contributed by atoms with Crippen molar-refractivity contribution in [2.45, 2.75) is 44.6 Å². The maximum atomic E-state index is 13.3. The summed E-state index contributed by atoms with van der Waals surface area (Å²) in [5.74, 6) is 0.505. The predicted molar refractivity (Wildman–Crippen MR) is 69.5 cm³/mol. The van der Waals surface area contributed by atoms with Crippen molar-refractivity contribution < 1.29 is 4.39 Å². The van der Waals surface area contributed by atoms with Gasteiger partial charge >= 0.3 is 0 Å². The fraction of sp³-hybridized carbons (Fsp3) is 0.571. The Balaban J connectivity index is 2.24. The van der Waals surface area contributed by atoms with Crippen LogP contribution in [0, 0.1) is 11.7 Å². The number of benzene rings is 1. The molecule has 0 atom stereocenters. The summed E-state index contributed by atoms with van der Waals surface area (Å²) in [5, 5.41) is 0.587. The van der Waals surface area contributed by atoms with Gasteiger partial charge in [0.05, 0.1) is 0 Å². The van der Waals surface area contributed by atoms with Gasteiger partial charge in [-0.05, 0) is 55.4 Å². The number of hydrogen-bond donors (Lipinski definition) is 1. The quantitative estimate of drug-likeness (QED) is 0.841. The van der Waals surface area contributed by atoms with E-state index in [1.165, 1.54) is 18.6 Å². The van der Waals surface area contributed by atoms with E-state index >= 15 is 0 Å². The molecule has 0 spiro atoms. The second kappa shape index (κ2) is 4.95. The molecule has 1 aliphatic rings. The molecule has 0 amide bonds. The molecule has 2 rings (SSSR count). The molecule has 0 unspecified atom stereocenters. The van der Waals surface area contributed by atoms with Gasteiger partial charge in [0.25, 0.3) is 0 Å². The number of nitrogens with two attached hydrogens (primary N) is 1. The summed E-state index contributed by atoms with van der Waals surface area (Å²) in [6.45, 7) is 2.21. The summed E-state index contributed by atoms with van der Waals surface area (Å²) >= 11 is 6.14. The van der Waals surface area contributed by atoms with Gasteiger partial charge in [-0.2, -0.15) is 0 Å². The van der Waals surface area contributed by atoms with E-state index < -0.39 is 5.54 Å². The van der Waals surface area contributed by atoms with Gasteiger partial charge in [-0.3, -0.25) is 0 Å². The van der Waals surface area contributed by atoms with Crippen molar-refractivity contribution in [2.24, 2.45) is 11.7 Å². The molecule has 0 aliphatic heterocycles. The van der Waals surface area contributed by atoms with E-state index in [0.29, 0.717) is 5.02 Å². The topological polar surface area (TPSA) is 26.0 Å². The van der Waals surface area contributed by atoms with E-state index in [1.54, 1.807) is 6.07 Å². The van der Waals surface area contributed by atoms with E-state index in [-0.39, 0.29) is 5.82 Å². The first-order chi connectivity index (χ1) is 8.05. The smallest absolute Gasteiger partial charge is 0.123 e. The maximum Gasteiger partial charge on any atom is 0.123 e. The molecule has 1 fully saturated rings. The molecule has 0 radical (unpaired) electrons. The minimum Gasteiger partial charge on any atom is -0.321 e. The first-order valence-corrected chi connectivity index (χ1v) is 6.67. The lowest BCUT2D eigenvalue weighted by molar-refractivity contribution is 0.231. The molecule has 0 bridgehead atoms. The van der Waals surface area contributed by atoms with Crippen LogP contribution in [-0.2, 0) is 5.54 Å². The zero-order chi connectivity index (χ0) is 12.5. The van der Waals surface area contributed by atoms with Crippen LogP contribution in [0.5, 0.6) is 0 Å². The monoisotopic (exact) mass is 255 g/mol. The van der Waals surface area contributed by atoms with E-state index in [1.807, 2.05) is 0 Å². The van der Waals surface area contributed by atoms with Crippen LogP contribution in [0.3, 0.4) is 0 Å². The average Bonchev–Trinajstić information content (AvgIpc) is 2.33. The van der Waals surface area contributed by atoms with Crippen LogP contribution < -0.4 is 5.73 Å². The summed E-state index contributed by atoms with van der Waals surface area (Å²) < 4.78 is 13.3. The highest BCUT2D eigenvalue weighted by molar-refractivity contribution is 6.31. The largest absolute Gasteiger partial charge is 0.321 e. The maximum absolute atomic E-state index is 13.3. The third-order valence-corrected chi connectivity index (χ3v) is 4.37. The fourth-order valence-electron chi connectivity index (χ4n) is 2.75. The van der Waals surface area contributed by atoms with Gasteiger partial charge in [0.1, 0.15) is 5.82 Å². The molecule has 1 aromatic rings. The molecule has 1 saturated carbocycles. The Morgan fingerprint density at radius 3 is 2.65 bits per heavy atom. The molecule has 3 heteroatoms. The Hall–Kier alpha value is -0.600. The highest BCUT2D eigenvalue weighted by Gasteiger charge is 2.34. The number of halogens is 2. The number of hydrogen-bond acceptors (Lipinski definition) is 1. The molecule has 94 valence electrons. The minimum absolute atomic E-state index is 0.258. The second-order valence-corrected chi connectivity index (χ2v) is 5.54. The van der Waals surface area contributed by atoms with E-state index in [0.717, 1.165) is 37.2 Å². The van der Waals surface area contributed by atoms with Gasteiger partial charge in [0.15, 0.2) is 0 Å². The summed E-state index contributed by atoms with van der Waals surface area (Å²) in [7, 11) is 0. The van der Waals surface area contributed by atoms with Gasteiger partial charge < -0.3 is 5.73 Å². The van der Waals surface area contributed by atoms with Crippen molar-refractivity contribution in [1.29, 1.82) is 0 Å². The van der Waals surface area contributed by atoms with Crippen molar-refractivity contribution in [2.75, 3.05) is 0 Å². The van der Waals surface area contributed by atoms with Crippen LogP contribution in [0.4, 0.5) is 4.39 Å². The predicted octanol–water partition coefficient (Wildman–Crippen LogP) is 4.23.